The van der Waals surface area contributed by atoms with Gasteiger partial charge in [-0.3, -0.25) is 4.90 Å². The molecule has 0 radical (unpaired) electrons. The Kier molecular flexibility index (Phi) is 4.78. The maximum atomic E-state index is 9.42. The second-order valence-electron chi connectivity index (χ2n) is 4.96. The number of nitrogens with zero attached hydrogens (tertiary/aromatic N) is 1. The van der Waals surface area contributed by atoms with Crippen molar-refractivity contribution in [3.05, 3.63) is 23.8 Å². The van der Waals surface area contributed by atoms with Crippen molar-refractivity contribution < 1.29 is 5.11 Å². The SMILES string of the molecule is CSC1CCCN(Cc2ccc(O)c(N)c2)CC1. The average Bonchev–Trinajstić information content (AvgIpc) is 2.59. The number of rotatable bonds is 3. The van der Waals surface area contributed by atoms with Gasteiger partial charge in [0, 0.05) is 11.8 Å². The number of anilines is 1. The summed E-state index contributed by atoms with van der Waals surface area (Å²) in [4.78, 5) is 2.49. The second-order valence-corrected chi connectivity index (χ2v) is 6.10. The summed E-state index contributed by atoms with van der Waals surface area (Å²) in [7, 11) is 0. The van der Waals surface area contributed by atoms with Gasteiger partial charge >= 0.3 is 0 Å². The molecule has 1 atom stereocenters. The molecule has 100 valence electrons. The van der Waals surface area contributed by atoms with Crippen molar-refractivity contribution in [1.82, 2.24) is 4.90 Å². The first-order chi connectivity index (χ1) is 8.69. The Bertz CT molecular complexity index is 397. The number of nitrogen functional groups attached to an aromatic ring is 1. The number of thioether (sulfide) groups is 1. The van der Waals surface area contributed by atoms with E-state index in [0.717, 1.165) is 24.9 Å². The van der Waals surface area contributed by atoms with Crippen molar-refractivity contribution in [2.24, 2.45) is 0 Å². The molecule has 0 amide bonds. The number of phenols is 1. The molecular weight excluding hydrogens is 244 g/mol. The van der Waals surface area contributed by atoms with E-state index in [4.69, 9.17) is 5.73 Å². The van der Waals surface area contributed by atoms with Gasteiger partial charge in [-0.05, 0) is 56.3 Å². The summed E-state index contributed by atoms with van der Waals surface area (Å²) >= 11 is 1.99. The Morgan fingerprint density at radius 1 is 1.39 bits per heavy atom. The number of hydrogen-bond acceptors (Lipinski definition) is 4. The third-order valence-corrected chi connectivity index (χ3v) is 4.74. The first-order valence-electron chi connectivity index (χ1n) is 6.51. The van der Waals surface area contributed by atoms with E-state index in [1.807, 2.05) is 23.9 Å². The number of hydrogen-bond donors (Lipinski definition) is 2. The molecule has 1 unspecified atom stereocenters. The van der Waals surface area contributed by atoms with Gasteiger partial charge in [0.1, 0.15) is 5.75 Å². The smallest absolute Gasteiger partial charge is 0.138 e. The van der Waals surface area contributed by atoms with Gasteiger partial charge in [-0.15, -0.1) is 0 Å². The predicted octanol–water partition coefficient (Wildman–Crippen LogP) is 2.69. The van der Waals surface area contributed by atoms with Crippen LogP contribution in [0, 0.1) is 0 Å². The van der Waals surface area contributed by atoms with E-state index in [1.54, 1.807) is 6.07 Å². The first kappa shape index (κ1) is 13.6. The fraction of sp³-hybridized carbons (Fsp3) is 0.571. The van der Waals surface area contributed by atoms with Crippen LogP contribution in [0.5, 0.6) is 5.75 Å². The Labute approximate surface area is 113 Å². The highest BCUT2D eigenvalue weighted by molar-refractivity contribution is 7.99. The molecule has 0 bridgehead atoms. The van der Waals surface area contributed by atoms with Crippen LogP contribution in [0.4, 0.5) is 5.69 Å². The van der Waals surface area contributed by atoms with Crippen molar-refractivity contribution in [2.45, 2.75) is 31.1 Å². The average molecular weight is 266 g/mol. The zero-order chi connectivity index (χ0) is 13.0. The maximum Gasteiger partial charge on any atom is 0.138 e. The van der Waals surface area contributed by atoms with Crippen LogP contribution < -0.4 is 5.73 Å². The van der Waals surface area contributed by atoms with Crippen LogP contribution in [0.25, 0.3) is 0 Å². The van der Waals surface area contributed by atoms with Gasteiger partial charge in [0.2, 0.25) is 0 Å². The van der Waals surface area contributed by atoms with Gasteiger partial charge in [-0.2, -0.15) is 11.8 Å². The molecule has 1 aromatic rings. The molecule has 1 aliphatic rings. The van der Waals surface area contributed by atoms with Gasteiger partial charge in [-0.1, -0.05) is 6.07 Å². The molecule has 3 N–H and O–H groups in total. The minimum Gasteiger partial charge on any atom is -0.506 e. The van der Waals surface area contributed by atoms with Crippen LogP contribution in [0.1, 0.15) is 24.8 Å². The fourth-order valence-electron chi connectivity index (χ4n) is 2.48. The van der Waals surface area contributed by atoms with Crippen LogP contribution in [0.2, 0.25) is 0 Å². The molecule has 3 nitrogen and oxygen atoms in total. The summed E-state index contributed by atoms with van der Waals surface area (Å²) in [6.07, 6.45) is 6.09. The number of nitrogens with two attached hydrogens (primary N) is 1. The van der Waals surface area contributed by atoms with E-state index >= 15 is 0 Å². The van der Waals surface area contributed by atoms with E-state index in [-0.39, 0.29) is 5.75 Å². The fourth-order valence-corrected chi connectivity index (χ4v) is 3.22. The molecule has 0 spiro atoms. The standard InChI is InChI=1S/C14H22N2OS/c1-18-12-3-2-7-16(8-6-12)10-11-4-5-14(17)13(15)9-11/h4-5,9,12,17H,2-3,6-8,10,15H2,1H3. The molecule has 2 rings (SSSR count). The zero-order valence-electron chi connectivity index (χ0n) is 10.9. The van der Waals surface area contributed by atoms with E-state index in [1.165, 1.54) is 24.8 Å². The van der Waals surface area contributed by atoms with Gasteiger partial charge in [0.25, 0.3) is 0 Å². The Morgan fingerprint density at radius 2 is 2.22 bits per heavy atom. The highest BCUT2D eigenvalue weighted by Gasteiger charge is 2.16. The summed E-state index contributed by atoms with van der Waals surface area (Å²) in [5.41, 5.74) is 7.39. The Morgan fingerprint density at radius 3 is 2.94 bits per heavy atom. The molecule has 0 aliphatic carbocycles. The lowest BCUT2D eigenvalue weighted by Gasteiger charge is -2.20. The lowest BCUT2D eigenvalue weighted by atomic mass is 10.1. The van der Waals surface area contributed by atoms with Crippen molar-refractivity contribution in [2.75, 3.05) is 25.1 Å². The summed E-state index contributed by atoms with van der Waals surface area (Å²) in [5.74, 6) is 0.178. The molecule has 1 aliphatic heterocycles. The normalized spacial score (nSPS) is 21.7. The quantitative estimate of drug-likeness (QED) is 0.652. The third-order valence-electron chi connectivity index (χ3n) is 3.60. The van der Waals surface area contributed by atoms with Gasteiger partial charge < -0.3 is 10.8 Å². The Balaban J connectivity index is 1.94. The zero-order valence-corrected chi connectivity index (χ0v) is 11.7. The monoisotopic (exact) mass is 266 g/mol. The second kappa shape index (κ2) is 6.34. The molecule has 1 aromatic carbocycles. The number of likely N-dealkylation sites (tertiary alicyclic amines) is 1. The van der Waals surface area contributed by atoms with Crippen LogP contribution in [0.3, 0.4) is 0 Å². The lowest BCUT2D eigenvalue weighted by Crippen LogP contribution is -2.24. The van der Waals surface area contributed by atoms with Crippen LogP contribution in [0.15, 0.2) is 18.2 Å². The highest BCUT2D eigenvalue weighted by atomic mass is 32.2. The number of aromatic hydroxyl groups is 1. The highest BCUT2D eigenvalue weighted by Crippen LogP contribution is 2.24. The van der Waals surface area contributed by atoms with Gasteiger partial charge in [0.15, 0.2) is 0 Å². The van der Waals surface area contributed by atoms with E-state index in [0.29, 0.717) is 5.69 Å². The maximum absolute atomic E-state index is 9.42. The minimum atomic E-state index is 0.178. The van der Waals surface area contributed by atoms with Crippen molar-refractivity contribution in [3.8, 4) is 5.75 Å². The first-order valence-corrected chi connectivity index (χ1v) is 7.80. The summed E-state index contributed by atoms with van der Waals surface area (Å²) in [5, 5.41) is 10.2. The topological polar surface area (TPSA) is 49.5 Å². The van der Waals surface area contributed by atoms with Crippen LogP contribution in [-0.4, -0.2) is 34.6 Å². The summed E-state index contributed by atoms with van der Waals surface area (Å²) in [6, 6.07) is 5.53. The molecule has 0 aromatic heterocycles. The summed E-state index contributed by atoms with van der Waals surface area (Å²) < 4.78 is 0. The molecule has 1 fully saturated rings. The van der Waals surface area contributed by atoms with E-state index < -0.39 is 0 Å². The Hall–Kier alpha value is -0.870. The minimum absolute atomic E-state index is 0.178. The lowest BCUT2D eigenvalue weighted by molar-refractivity contribution is 0.277. The largest absolute Gasteiger partial charge is 0.506 e. The van der Waals surface area contributed by atoms with Gasteiger partial charge in [-0.25, -0.2) is 0 Å². The third kappa shape index (κ3) is 3.56. The molecule has 0 saturated carbocycles. The predicted molar refractivity (Wildman–Crippen MR) is 79.0 cm³/mol. The van der Waals surface area contributed by atoms with E-state index in [2.05, 4.69) is 11.2 Å². The molecule has 4 heteroatoms. The molecular formula is C14H22N2OS. The van der Waals surface area contributed by atoms with Crippen molar-refractivity contribution in [3.63, 3.8) is 0 Å². The van der Waals surface area contributed by atoms with Crippen molar-refractivity contribution in [1.29, 1.82) is 0 Å². The van der Waals surface area contributed by atoms with Crippen LogP contribution in [-0.2, 0) is 6.54 Å². The molecule has 18 heavy (non-hydrogen) atoms. The van der Waals surface area contributed by atoms with Crippen molar-refractivity contribution >= 4 is 17.4 Å². The number of benzene rings is 1. The summed E-state index contributed by atoms with van der Waals surface area (Å²) in [6.45, 7) is 3.26. The number of phenolic OH excluding ortho intramolecular Hbond substituents is 1. The molecule has 1 saturated heterocycles. The van der Waals surface area contributed by atoms with E-state index in [9.17, 15) is 5.11 Å². The van der Waals surface area contributed by atoms with Crippen LogP contribution >= 0.6 is 11.8 Å². The molecule has 1 heterocycles. The van der Waals surface area contributed by atoms with Gasteiger partial charge in [0.05, 0.1) is 5.69 Å².